The molecule has 0 bridgehead atoms. The second-order valence-corrected chi connectivity index (χ2v) is 12.0. The highest BCUT2D eigenvalue weighted by atomic mass is 35.5. The van der Waals surface area contributed by atoms with Gasteiger partial charge in [-0.1, -0.05) is 54.7 Å². The third kappa shape index (κ3) is 8.32. The zero-order valence-corrected chi connectivity index (χ0v) is 24.3. The van der Waals surface area contributed by atoms with Gasteiger partial charge in [-0.15, -0.1) is 0 Å². The maximum Gasteiger partial charge on any atom is 0.264 e. The maximum absolute atomic E-state index is 15.3. The largest absolute Gasteiger partial charge is 0.453 e. The number of ether oxygens (including phenoxy) is 1. The van der Waals surface area contributed by atoms with Gasteiger partial charge in [0, 0.05) is 17.0 Å². The number of rotatable bonds is 10. The van der Waals surface area contributed by atoms with E-state index in [0.29, 0.717) is 6.42 Å². The predicted molar refractivity (Wildman–Crippen MR) is 151 cm³/mol. The van der Waals surface area contributed by atoms with Crippen molar-refractivity contribution in [2.45, 2.75) is 38.0 Å². The molecule has 2 amide bonds. The second-order valence-electron chi connectivity index (χ2n) is 9.07. The number of hydrogen-bond acceptors (Lipinski definition) is 6. The number of nitriles is 1. The second kappa shape index (κ2) is 13.3. The van der Waals surface area contributed by atoms with E-state index in [1.807, 2.05) is 24.6 Å². The normalized spacial score (nSPS) is 11.2. The lowest BCUT2D eigenvalue weighted by atomic mass is 10.1. The molecule has 13 heteroatoms. The number of anilines is 1. The van der Waals surface area contributed by atoms with Crippen molar-refractivity contribution in [2.24, 2.45) is 5.92 Å². The number of sulfonamides is 1. The molecule has 0 aliphatic carbocycles. The number of carbonyl (C=O) groups is 2. The van der Waals surface area contributed by atoms with Crippen LogP contribution in [0.1, 0.15) is 37.8 Å². The first-order chi connectivity index (χ1) is 18.8. The maximum atomic E-state index is 15.3. The van der Waals surface area contributed by atoms with Crippen molar-refractivity contribution < 1.29 is 27.1 Å². The van der Waals surface area contributed by atoms with Crippen molar-refractivity contribution in [3.63, 3.8) is 0 Å². The van der Waals surface area contributed by atoms with Crippen LogP contribution in [-0.2, 0) is 26.0 Å². The Hall–Kier alpha value is -3.36. The van der Waals surface area contributed by atoms with Crippen molar-refractivity contribution in [1.82, 2.24) is 4.72 Å². The van der Waals surface area contributed by atoms with E-state index in [1.54, 1.807) is 0 Å². The number of nitrogens with zero attached hydrogens (tertiary/aromatic N) is 1. The van der Waals surface area contributed by atoms with Gasteiger partial charge in [0.15, 0.2) is 11.6 Å². The molecule has 2 N–H and O–H groups in total. The standard InChI is InChI=1S/C27H23Cl3FN3O5S/c1-15(2)3-8-24(35)34-40(37,38)20-5-7-23(22(30)13-20)33-25(36)11-17-4-6-21(29)27(26(17)31)39-19-10-16(14-32)9-18(28)12-19/h4-7,9-10,12-13,15H,3,8,11H2,1-2H3,(H,33,36)(H,34,35). The number of carbonyl (C=O) groups excluding carboxylic acids is 2. The molecule has 0 saturated heterocycles. The lowest BCUT2D eigenvalue weighted by molar-refractivity contribution is -0.119. The Balaban J connectivity index is 1.73. The first-order valence-corrected chi connectivity index (χ1v) is 14.4. The Morgan fingerprint density at radius 2 is 1.75 bits per heavy atom. The number of hydrogen-bond donors (Lipinski definition) is 2. The van der Waals surface area contributed by atoms with Crippen molar-refractivity contribution in [2.75, 3.05) is 5.32 Å². The van der Waals surface area contributed by atoms with E-state index in [1.165, 1.54) is 42.5 Å². The Bertz CT molecular complexity index is 1610. The Kier molecular flexibility index (Phi) is 10.4. The molecule has 40 heavy (non-hydrogen) atoms. The van der Waals surface area contributed by atoms with Crippen LogP contribution in [0.3, 0.4) is 0 Å². The smallest absolute Gasteiger partial charge is 0.264 e. The van der Waals surface area contributed by atoms with E-state index >= 15 is 4.39 Å². The molecule has 0 spiro atoms. The van der Waals surface area contributed by atoms with E-state index in [0.717, 1.165) is 6.07 Å². The molecular weight excluding hydrogens is 604 g/mol. The van der Waals surface area contributed by atoms with Gasteiger partial charge in [0.05, 0.1) is 38.7 Å². The van der Waals surface area contributed by atoms with Gasteiger partial charge in [-0.3, -0.25) is 9.59 Å². The summed E-state index contributed by atoms with van der Waals surface area (Å²) in [5.74, 6) is -2.27. The van der Waals surface area contributed by atoms with E-state index < -0.39 is 34.1 Å². The molecule has 0 saturated carbocycles. The third-order valence-corrected chi connectivity index (χ3v) is 7.62. The van der Waals surface area contributed by atoms with Crippen LogP contribution in [0.5, 0.6) is 11.5 Å². The van der Waals surface area contributed by atoms with Crippen LogP contribution in [0.25, 0.3) is 0 Å². The molecule has 0 unspecified atom stereocenters. The lowest BCUT2D eigenvalue weighted by Gasteiger charge is -2.13. The lowest BCUT2D eigenvalue weighted by Crippen LogP contribution is -2.30. The first kappa shape index (κ1) is 31.2. The molecule has 8 nitrogen and oxygen atoms in total. The molecular formula is C27H23Cl3FN3O5S. The van der Waals surface area contributed by atoms with Crippen LogP contribution in [-0.4, -0.2) is 20.2 Å². The third-order valence-electron chi connectivity index (χ3n) is 5.42. The molecule has 0 aliphatic rings. The highest BCUT2D eigenvalue weighted by Gasteiger charge is 2.21. The average molecular weight is 627 g/mol. The summed E-state index contributed by atoms with van der Waals surface area (Å²) >= 11 is 18.3. The number of benzene rings is 3. The minimum Gasteiger partial charge on any atom is -0.453 e. The zero-order chi connectivity index (χ0) is 29.6. The fraction of sp³-hybridized carbons (Fsp3) is 0.222. The SMILES string of the molecule is CC(C)CCC(=O)NS(=O)(=O)c1ccc(NC(=O)Cc2ccc(Cl)c(Oc3cc(Cl)cc(C#N)c3)c2F)c(Cl)c1. The van der Waals surface area contributed by atoms with Gasteiger partial charge in [0.25, 0.3) is 10.0 Å². The van der Waals surface area contributed by atoms with Gasteiger partial charge in [0.2, 0.25) is 11.8 Å². The van der Waals surface area contributed by atoms with Crippen LogP contribution in [0.4, 0.5) is 10.1 Å². The zero-order valence-electron chi connectivity index (χ0n) is 21.2. The first-order valence-electron chi connectivity index (χ1n) is 11.8. The molecule has 3 rings (SSSR count). The summed E-state index contributed by atoms with van der Waals surface area (Å²) < 4.78 is 47.8. The average Bonchev–Trinajstić information content (AvgIpc) is 2.87. The van der Waals surface area contributed by atoms with Gasteiger partial charge < -0.3 is 10.1 Å². The Labute approximate surface area is 246 Å². The molecule has 3 aromatic carbocycles. The summed E-state index contributed by atoms with van der Waals surface area (Å²) in [5, 5.41) is 11.6. The minimum absolute atomic E-state index is 0.0484. The summed E-state index contributed by atoms with van der Waals surface area (Å²) in [7, 11) is -4.17. The summed E-state index contributed by atoms with van der Waals surface area (Å²) in [6.07, 6.45) is 0.130. The summed E-state index contributed by atoms with van der Waals surface area (Å²) in [5.41, 5.74) is 0.211. The van der Waals surface area contributed by atoms with Gasteiger partial charge in [-0.25, -0.2) is 17.5 Å². The Morgan fingerprint density at radius 1 is 1.02 bits per heavy atom. The van der Waals surface area contributed by atoms with Gasteiger partial charge in [-0.05, 0) is 54.8 Å². The Morgan fingerprint density at radius 3 is 2.40 bits per heavy atom. The van der Waals surface area contributed by atoms with Gasteiger partial charge in [-0.2, -0.15) is 5.26 Å². The number of halogens is 4. The van der Waals surface area contributed by atoms with Crippen molar-refractivity contribution in [3.8, 4) is 17.6 Å². The minimum atomic E-state index is -4.17. The van der Waals surface area contributed by atoms with Crippen LogP contribution in [0.15, 0.2) is 53.4 Å². The van der Waals surface area contributed by atoms with Crippen molar-refractivity contribution in [1.29, 1.82) is 5.26 Å². The fourth-order valence-electron chi connectivity index (χ4n) is 3.42. The fourth-order valence-corrected chi connectivity index (χ4v) is 5.16. The number of nitrogens with one attached hydrogen (secondary N) is 2. The van der Waals surface area contributed by atoms with Gasteiger partial charge in [0.1, 0.15) is 5.75 Å². The van der Waals surface area contributed by atoms with E-state index in [4.69, 9.17) is 44.8 Å². The van der Waals surface area contributed by atoms with E-state index in [-0.39, 0.29) is 60.6 Å². The topological polar surface area (TPSA) is 125 Å². The van der Waals surface area contributed by atoms with E-state index in [9.17, 15) is 18.0 Å². The number of amides is 2. The molecule has 0 aliphatic heterocycles. The molecule has 0 radical (unpaired) electrons. The molecule has 0 fully saturated rings. The molecule has 0 heterocycles. The molecule has 0 aromatic heterocycles. The van der Waals surface area contributed by atoms with Crippen LogP contribution < -0.4 is 14.8 Å². The summed E-state index contributed by atoms with van der Waals surface area (Å²) in [4.78, 5) is 24.4. The van der Waals surface area contributed by atoms with Crippen molar-refractivity contribution in [3.05, 3.63) is 80.5 Å². The van der Waals surface area contributed by atoms with E-state index in [2.05, 4.69) is 5.32 Å². The highest BCUT2D eigenvalue weighted by Crippen LogP contribution is 2.35. The molecule has 3 aromatic rings. The summed E-state index contributed by atoms with van der Waals surface area (Å²) in [6.45, 7) is 3.82. The highest BCUT2D eigenvalue weighted by molar-refractivity contribution is 7.90. The molecule has 0 atom stereocenters. The van der Waals surface area contributed by atoms with Crippen LogP contribution >= 0.6 is 34.8 Å². The van der Waals surface area contributed by atoms with Crippen molar-refractivity contribution >= 4 is 62.3 Å². The van der Waals surface area contributed by atoms with Crippen LogP contribution in [0, 0.1) is 23.1 Å². The predicted octanol–water partition coefficient (Wildman–Crippen LogP) is 6.87. The summed E-state index contributed by atoms with van der Waals surface area (Å²) in [6, 6.07) is 12.2. The monoisotopic (exact) mass is 625 g/mol. The quantitative estimate of drug-likeness (QED) is 0.253. The van der Waals surface area contributed by atoms with Gasteiger partial charge >= 0.3 is 0 Å². The molecule has 210 valence electrons. The van der Waals surface area contributed by atoms with Crippen LogP contribution in [0.2, 0.25) is 15.1 Å².